The molecule has 0 aliphatic rings. The molecule has 1 aromatic heterocycles. The quantitative estimate of drug-likeness (QED) is 0.538. The molecule has 0 unspecified atom stereocenters. The smallest absolute Gasteiger partial charge is 0.259 e. The van der Waals surface area contributed by atoms with Crippen molar-refractivity contribution >= 4 is 12.0 Å². The fourth-order valence-electron chi connectivity index (χ4n) is 0.832. The van der Waals surface area contributed by atoms with E-state index in [0.29, 0.717) is 11.5 Å². The zero-order valence-electron chi connectivity index (χ0n) is 7.07. The van der Waals surface area contributed by atoms with Gasteiger partial charge in [0.05, 0.1) is 0 Å². The maximum Gasteiger partial charge on any atom is 0.259 e. The molecule has 0 saturated heterocycles. The number of aryl methyl sites for hydroxylation is 1. The Bertz CT molecular complexity index is 396. The van der Waals surface area contributed by atoms with E-state index in [2.05, 4.69) is 0 Å². The fraction of sp³-hybridized carbons (Fsp3) is 0.111. The Morgan fingerprint density at radius 2 is 2.38 bits per heavy atom. The summed E-state index contributed by atoms with van der Waals surface area (Å²) in [5.74, 6) is 0.414. The summed E-state index contributed by atoms with van der Waals surface area (Å²) in [6.45, 7) is 1.77. The monoisotopic (exact) mass is 176 g/mol. The lowest BCUT2D eigenvalue weighted by atomic mass is 10.2. The highest BCUT2D eigenvalue weighted by Gasteiger charge is 2.04. The number of nitrogens with zero attached hydrogens (tertiary/aromatic N) is 1. The van der Waals surface area contributed by atoms with E-state index in [0.717, 1.165) is 0 Å². The van der Waals surface area contributed by atoms with E-state index in [-0.39, 0.29) is 5.57 Å². The van der Waals surface area contributed by atoms with Gasteiger partial charge in [-0.05, 0) is 19.1 Å². The zero-order chi connectivity index (χ0) is 9.84. The van der Waals surface area contributed by atoms with Crippen LogP contribution >= 0.6 is 0 Å². The van der Waals surface area contributed by atoms with E-state index in [9.17, 15) is 4.79 Å². The number of primary amides is 1. The number of furan rings is 1. The number of hydrogen-bond acceptors (Lipinski definition) is 3. The van der Waals surface area contributed by atoms with Crippen LogP contribution in [0.1, 0.15) is 11.5 Å². The molecule has 4 nitrogen and oxygen atoms in total. The molecule has 0 aliphatic carbocycles. The largest absolute Gasteiger partial charge is 0.462 e. The highest BCUT2D eigenvalue weighted by Crippen LogP contribution is 2.10. The molecule has 1 rings (SSSR count). The Morgan fingerprint density at radius 3 is 2.77 bits per heavy atom. The molecule has 2 N–H and O–H groups in total. The van der Waals surface area contributed by atoms with Crippen molar-refractivity contribution in [3.05, 3.63) is 29.2 Å². The molecule has 0 aromatic carbocycles. The van der Waals surface area contributed by atoms with Crippen LogP contribution in [-0.2, 0) is 4.79 Å². The number of nitriles is 1. The van der Waals surface area contributed by atoms with Crippen molar-refractivity contribution in [2.24, 2.45) is 5.73 Å². The van der Waals surface area contributed by atoms with Crippen LogP contribution in [0.3, 0.4) is 0 Å². The van der Waals surface area contributed by atoms with Gasteiger partial charge in [0.15, 0.2) is 0 Å². The van der Waals surface area contributed by atoms with Crippen LogP contribution in [0.2, 0.25) is 0 Å². The summed E-state index contributed by atoms with van der Waals surface area (Å²) in [7, 11) is 0. The van der Waals surface area contributed by atoms with Crippen LogP contribution in [0.25, 0.3) is 6.08 Å². The summed E-state index contributed by atoms with van der Waals surface area (Å²) < 4.78 is 5.13. The first-order chi connectivity index (χ1) is 6.13. The standard InChI is InChI=1S/C9H8N2O2/c1-6-2-3-8(13-6)4-7(5-10)9(11)12/h2-4H,1H3,(H2,11,12)/b7-4-. The molecule has 1 amide bonds. The van der Waals surface area contributed by atoms with Crippen molar-refractivity contribution in [2.45, 2.75) is 6.92 Å². The minimum Gasteiger partial charge on any atom is -0.462 e. The lowest BCUT2D eigenvalue weighted by molar-refractivity contribution is -0.114. The number of hydrogen-bond donors (Lipinski definition) is 1. The Labute approximate surface area is 75.3 Å². The van der Waals surface area contributed by atoms with E-state index in [1.807, 2.05) is 0 Å². The van der Waals surface area contributed by atoms with Crippen LogP contribution < -0.4 is 5.73 Å². The zero-order valence-corrected chi connectivity index (χ0v) is 7.07. The number of amides is 1. The maximum absolute atomic E-state index is 10.6. The lowest BCUT2D eigenvalue weighted by Crippen LogP contribution is -2.12. The summed E-state index contributed by atoms with van der Waals surface area (Å²) in [5.41, 5.74) is 4.81. The molecule has 1 heterocycles. The molecule has 0 spiro atoms. The SMILES string of the molecule is Cc1ccc(/C=C(/C#N)C(N)=O)o1. The Morgan fingerprint density at radius 1 is 1.69 bits per heavy atom. The van der Waals surface area contributed by atoms with Crippen molar-refractivity contribution in [2.75, 3.05) is 0 Å². The first-order valence-electron chi connectivity index (χ1n) is 3.61. The molecular weight excluding hydrogens is 168 g/mol. The normalized spacial score (nSPS) is 10.9. The maximum atomic E-state index is 10.6. The van der Waals surface area contributed by atoms with Gasteiger partial charge in [0.2, 0.25) is 0 Å². The van der Waals surface area contributed by atoms with Crippen molar-refractivity contribution in [1.29, 1.82) is 5.26 Å². The van der Waals surface area contributed by atoms with Gasteiger partial charge in [0.25, 0.3) is 5.91 Å². The van der Waals surface area contributed by atoms with Gasteiger partial charge in [0, 0.05) is 6.08 Å². The van der Waals surface area contributed by atoms with Gasteiger partial charge in [-0.25, -0.2) is 0 Å². The highest BCUT2D eigenvalue weighted by atomic mass is 16.3. The molecule has 4 heteroatoms. The average Bonchev–Trinajstić information content (AvgIpc) is 2.46. The highest BCUT2D eigenvalue weighted by molar-refractivity contribution is 6.00. The van der Waals surface area contributed by atoms with E-state index < -0.39 is 5.91 Å². The van der Waals surface area contributed by atoms with E-state index in [4.69, 9.17) is 15.4 Å². The number of rotatable bonds is 2. The molecule has 66 valence electrons. The lowest BCUT2D eigenvalue weighted by Gasteiger charge is -1.88. The Kier molecular flexibility index (Phi) is 2.50. The van der Waals surface area contributed by atoms with Crippen LogP contribution in [-0.4, -0.2) is 5.91 Å². The van der Waals surface area contributed by atoms with Crippen molar-refractivity contribution in [3.8, 4) is 6.07 Å². The minimum absolute atomic E-state index is 0.116. The summed E-state index contributed by atoms with van der Waals surface area (Å²) in [4.78, 5) is 10.6. The van der Waals surface area contributed by atoms with Crippen molar-refractivity contribution < 1.29 is 9.21 Å². The predicted octanol–water partition coefficient (Wildman–Crippen LogP) is 0.980. The van der Waals surface area contributed by atoms with Gasteiger partial charge in [-0.2, -0.15) is 5.26 Å². The number of carbonyl (C=O) groups excluding carboxylic acids is 1. The molecule has 0 bridgehead atoms. The first kappa shape index (κ1) is 9.07. The van der Waals surface area contributed by atoms with Gasteiger partial charge in [-0.1, -0.05) is 0 Å². The minimum atomic E-state index is -0.753. The Hall–Kier alpha value is -2.02. The van der Waals surface area contributed by atoms with Gasteiger partial charge < -0.3 is 10.2 Å². The third kappa shape index (κ3) is 2.20. The summed E-state index contributed by atoms with van der Waals surface area (Å²) in [5, 5.41) is 8.50. The van der Waals surface area contributed by atoms with E-state index in [1.54, 1.807) is 25.1 Å². The van der Waals surface area contributed by atoms with Crippen LogP contribution in [0, 0.1) is 18.3 Å². The second-order valence-corrected chi connectivity index (χ2v) is 2.48. The Balaban J connectivity index is 3.00. The molecule has 0 aliphatic heterocycles. The molecule has 1 aromatic rings. The van der Waals surface area contributed by atoms with Gasteiger partial charge in [-0.15, -0.1) is 0 Å². The van der Waals surface area contributed by atoms with Gasteiger partial charge >= 0.3 is 0 Å². The summed E-state index contributed by atoms with van der Waals surface area (Å²) in [6.07, 6.45) is 1.31. The van der Waals surface area contributed by atoms with Gasteiger partial charge in [0.1, 0.15) is 23.2 Å². The molecule has 0 atom stereocenters. The van der Waals surface area contributed by atoms with Crippen LogP contribution in [0.4, 0.5) is 0 Å². The topological polar surface area (TPSA) is 80.0 Å². The average molecular weight is 176 g/mol. The van der Waals surface area contributed by atoms with E-state index >= 15 is 0 Å². The second-order valence-electron chi connectivity index (χ2n) is 2.48. The van der Waals surface area contributed by atoms with Crippen LogP contribution in [0.5, 0.6) is 0 Å². The number of nitrogens with two attached hydrogens (primary N) is 1. The third-order valence-corrected chi connectivity index (χ3v) is 1.43. The van der Waals surface area contributed by atoms with Crippen LogP contribution in [0.15, 0.2) is 22.1 Å². The van der Waals surface area contributed by atoms with E-state index in [1.165, 1.54) is 6.08 Å². The molecular formula is C9H8N2O2. The molecule has 13 heavy (non-hydrogen) atoms. The fourth-order valence-corrected chi connectivity index (χ4v) is 0.832. The summed E-state index contributed by atoms with van der Waals surface area (Å²) in [6, 6.07) is 5.09. The molecule has 0 fully saturated rings. The van der Waals surface area contributed by atoms with Gasteiger partial charge in [-0.3, -0.25) is 4.79 Å². The molecule has 0 radical (unpaired) electrons. The number of carbonyl (C=O) groups is 1. The van der Waals surface area contributed by atoms with Crippen molar-refractivity contribution in [1.82, 2.24) is 0 Å². The first-order valence-corrected chi connectivity index (χ1v) is 3.61. The van der Waals surface area contributed by atoms with Crippen molar-refractivity contribution in [3.63, 3.8) is 0 Å². The third-order valence-electron chi connectivity index (χ3n) is 1.43. The molecule has 0 saturated carbocycles. The second kappa shape index (κ2) is 3.59. The summed E-state index contributed by atoms with van der Waals surface area (Å²) >= 11 is 0. The predicted molar refractivity (Wildman–Crippen MR) is 46.2 cm³/mol.